The largest absolute Gasteiger partial charge is 0.366 e. The minimum Gasteiger partial charge on any atom is -0.366 e. The summed E-state index contributed by atoms with van der Waals surface area (Å²) in [6, 6.07) is 8.23. The molecule has 8 heteroatoms. The number of nitrogens with one attached hydrogen (secondary N) is 2. The molecule has 1 aliphatic rings. The van der Waals surface area contributed by atoms with Crippen molar-refractivity contribution in [3.63, 3.8) is 0 Å². The molecule has 0 unspecified atom stereocenters. The standard InChI is InChI=1S/C17H11F2N5O/c18-10-2-1-3-11(19)14(10)17-22-12-6-8(16(20)25)4-5-9(12)15-13(23-17)7-21-24-15/h1-7H,(H2,20,25)(H,21,24)(H,22,23). The Morgan fingerprint density at radius 3 is 2.60 bits per heavy atom. The van der Waals surface area contributed by atoms with E-state index in [0.29, 0.717) is 22.6 Å². The number of amides is 1. The van der Waals surface area contributed by atoms with E-state index in [4.69, 9.17) is 5.73 Å². The lowest BCUT2D eigenvalue weighted by atomic mass is 10.1. The van der Waals surface area contributed by atoms with Gasteiger partial charge in [-0.25, -0.2) is 13.8 Å². The van der Waals surface area contributed by atoms with Crippen LogP contribution in [0.5, 0.6) is 0 Å². The summed E-state index contributed by atoms with van der Waals surface area (Å²) in [7, 11) is 0. The molecule has 1 aliphatic heterocycles. The van der Waals surface area contributed by atoms with Gasteiger partial charge >= 0.3 is 0 Å². The molecule has 2 aromatic carbocycles. The van der Waals surface area contributed by atoms with Gasteiger partial charge in [0.25, 0.3) is 0 Å². The Morgan fingerprint density at radius 2 is 1.88 bits per heavy atom. The van der Waals surface area contributed by atoms with Gasteiger partial charge in [-0.15, -0.1) is 0 Å². The number of carbonyl (C=O) groups is 1. The number of amidine groups is 1. The van der Waals surface area contributed by atoms with Crippen LogP contribution in [0.25, 0.3) is 11.3 Å². The van der Waals surface area contributed by atoms with Crippen molar-refractivity contribution >= 4 is 23.1 Å². The molecule has 0 aliphatic carbocycles. The van der Waals surface area contributed by atoms with Gasteiger partial charge in [0.15, 0.2) is 0 Å². The molecule has 0 saturated carbocycles. The number of nitrogens with zero attached hydrogens (tertiary/aromatic N) is 2. The Labute approximate surface area is 140 Å². The van der Waals surface area contributed by atoms with Crippen LogP contribution in [0.3, 0.4) is 0 Å². The molecular weight excluding hydrogens is 328 g/mol. The minimum atomic E-state index is -0.759. The van der Waals surface area contributed by atoms with Crippen molar-refractivity contribution in [3.05, 3.63) is 65.4 Å². The first-order valence-corrected chi connectivity index (χ1v) is 7.32. The monoisotopic (exact) mass is 339 g/mol. The van der Waals surface area contributed by atoms with E-state index in [1.165, 1.54) is 18.3 Å². The van der Waals surface area contributed by atoms with Crippen LogP contribution < -0.4 is 11.1 Å². The van der Waals surface area contributed by atoms with Gasteiger partial charge in [-0.1, -0.05) is 6.07 Å². The normalized spacial score (nSPS) is 12.5. The molecule has 4 N–H and O–H groups in total. The van der Waals surface area contributed by atoms with Crippen LogP contribution >= 0.6 is 0 Å². The van der Waals surface area contributed by atoms with E-state index >= 15 is 0 Å². The summed E-state index contributed by atoms with van der Waals surface area (Å²) in [5.74, 6) is -2.17. The molecule has 4 rings (SSSR count). The van der Waals surface area contributed by atoms with Gasteiger partial charge in [-0.05, 0) is 30.3 Å². The van der Waals surface area contributed by atoms with Crippen molar-refractivity contribution < 1.29 is 13.6 Å². The number of hydrogen-bond acceptors (Lipinski definition) is 4. The van der Waals surface area contributed by atoms with Gasteiger partial charge < -0.3 is 11.1 Å². The number of hydrogen-bond donors (Lipinski definition) is 3. The average Bonchev–Trinajstić information content (AvgIpc) is 2.96. The third kappa shape index (κ3) is 2.44. The number of halogens is 2. The van der Waals surface area contributed by atoms with E-state index in [1.807, 2.05) is 0 Å². The summed E-state index contributed by atoms with van der Waals surface area (Å²) < 4.78 is 28.4. The second kappa shape index (κ2) is 5.52. The summed E-state index contributed by atoms with van der Waals surface area (Å²) in [5.41, 5.74) is 7.30. The maximum atomic E-state index is 14.2. The molecular formula is C17H11F2N5O. The molecule has 0 bridgehead atoms. The third-order valence-corrected chi connectivity index (χ3v) is 3.88. The van der Waals surface area contributed by atoms with E-state index < -0.39 is 17.5 Å². The quantitative estimate of drug-likeness (QED) is 0.670. The van der Waals surface area contributed by atoms with Crippen molar-refractivity contribution in [2.45, 2.75) is 0 Å². The van der Waals surface area contributed by atoms with Gasteiger partial charge in [-0.2, -0.15) is 5.10 Å². The van der Waals surface area contributed by atoms with Crippen molar-refractivity contribution in [2.24, 2.45) is 10.7 Å². The maximum Gasteiger partial charge on any atom is 0.248 e. The van der Waals surface area contributed by atoms with Crippen LogP contribution in [0.1, 0.15) is 15.9 Å². The Kier molecular flexibility index (Phi) is 3.31. The fraction of sp³-hybridized carbons (Fsp3) is 0. The van der Waals surface area contributed by atoms with E-state index in [2.05, 4.69) is 20.5 Å². The van der Waals surface area contributed by atoms with Gasteiger partial charge in [0.1, 0.15) is 17.5 Å². The summed E-state index contributed by atoms with van der Waals surface area (Å²) in [6.07, 6.45) is 1.49. The summed E-state index contributed by atoms with van der Waals surface area (Å²) in [4.78, 5) is 15.8. The Hall–Kier alpha value is -3.55. The topological polar surface area (TPSA) is 96.2 Å². The molecule has 1 aromatic heterocycles. The number of aromatic nitrogens is 2. The second-order valence-corrected chi connectivity index (χ2v) is 5.44. The minimum absolute atomic E-state index is 0.0291. The van der Waals surface area contributed by atoms with Gasteiger partial charge in [0, 0.05) is 11.1 Å². The predicted molar refractivity (Wildman–Crippen MR) is 88.7 cm³/mol. The maximum absolute atomic E-state index is 14.2. The van der Waals surface area contributed by atoms with Gasteiger partial charge in [-0.3, -0.25) is 9.89 Å². The number of carbonyl (C=O) groups excluding carboxylic acids is 1. The van der Waals surface area contributed by atoms with Crippen LogP contribution in [0.4, 0.5) is 20.2 Å². The summed E-state index contributed by atoms with van der Waals surface area (Å²) >= 11 is 0. The van der Waals surface area contributed by atoms with Crippen LogP contribution in [0.15, 0.2) is 47.6 Å². The zero-order valence-corrected chi connectivity index (χ0v) is 12.7. The molecule has 25 heavy (non-hydrogen) atoms. The number of aromatic amines is 1. The van der Waals surface area contributed by atoms with E-state index in [9.17, 15) is 13.6 Å². The molecule has 124 valence electrons. The highest BCUT2D eigenvalue weighted by molar-refractivity contribution is 6.13. The number of aliphatic imine (C=N–C) groups is 1. The van der Waals surface area contributed by atoms with E-state index in [-0.39, 0.29) is 17.0 Å². The first-order valence-electron chi connectivity index (χ1n) is 7.32. The van der Waals surface area contributed by atoms with Crippen molar-refractivity contribution in [2.75, 3.05) is 5.32 Å². The molecule has 0 atom stereocenters. The molecule has 0 fully saturated rings. The van der Waals surface area contributed by atoms with Crippen LogP contribution in [-0.2, 0) is 0 Å². The molecule has 6 nitrogen and oxygen atoms in total. The SMILES string of the molecule is NC(=O)c1ccc2c(c1)N=C(c1c(F)cccc1F)Nc1cn[nH]c1-2. The number of anilines is 1. The average molecular weight is 339 g/mol. The van der Waals surface area contributed by atoms with Crippen LogP contribution in [0, 0.1) is 11.6 Å². The number of primary amides is 1. The van der Waals surface area contributed by atoms with Crippen molar-refractivity contribution in [1.29, 1.82) is 0 Å². The number of nitrogens with two attached hydrogens (primary N) is 1. The molecule has 0 radical (unpaired) electrons. The van der Waals surface area contributed by atoms with Crippen LogP contribution in [0.2, 0.25) is 0 Å². The molecule has 3 aromatic rings. The van der Waals surface area contributed by atoms with Crippen molar-refractivity contribution in [3.8, 4) is 11.3 Å². The second-order valence-electron chi connectivity index (χ2n) is 5.44. The fourth-order valence-corrected chi connectivity index (χ4v) is 2.69. The van der Waals surface area contributed by atoms with Crippen molar-refractivity contribution in [1.82, 2.24) is 10.2 Å². The predicted octanol–water partition coefficient (Wildman–Crippen LogP) is 2.96. The highest BCUT2D eigenvalue weighted by atomic mass is 19.1. The van der Waals surface area contributed by atoms with Gasteiger partial charge in [0.2, 0.25) is 5.91 Å². The smallest absolute Gasteiger partial charge is 0.248 e. The number of H-pyrrole nitrogens is 1. The lowest BCUT2D eigenvalue weighted by Gasteiger charge is -2.09. The summed E-state index contributed by atoms with van der Waals surface area (Å²) in [5, 5.41) is 9.66. The number of rotatable bonds is 2. The van der Waals surface area contributed by atoms with E-state index in [0.717, 1.165) is 12.1 Å². The first-order chi connectivity index (χ1) is 12.0. The van der Waals surface area contributed by atoms with E-state index in [1.54, 1.807) is 12.1 Å². The molecule has 0 saturated heterocycles. The lowest BCUT2D eigenvalue weighted by Crippen LogP contribution is -2.16. The molecule has 0 spiro atoms. The summed E-state index contributed by atoms with van der Waals surface area (Å²) in [6.45, 7) is 0. The lowest BCUT2D eigenvalue weighted by molar-refractivity contribution is 0.100. The molecule has 1 amide bonds. The highest BCUT2D eigenvalue weighted by Crippen LogP contribution is 2.37. The number of benzene rings is 2. The van der Waals surface area contributed by atoms with Crippen LogP contribution in [-0.4, -0.2) is 21.9 Å². The zero-order valence-electron chi connectivity index (χ0n) is 12.7. The Morgan fingerprint density at radius 1 is 1.12 bits per heavy atom. The highest BCUT2D eigenvalue weighted by Gasteiger charge is 2.23. The molecule has 2 heterocycles. The zero-order chi connectivity index (χ0) is 17.6. The van der Waals surface area contributed by atoms with Gasteiger partial charge in [0.05, 0.1) is 28.8 Å². The Balaban J connectivity index is 1.99. The fourth-order valence-electron chi connectivity index (χ4n) is 2.69. The third-order valence-electron chi connectivity index (χ3n) is 3.88. The first kappa shape index (κ1) is 15.0. The Bertz CT molecular complexity index is 1020. The number of fused-ring (bicyclic) bond motifs is 3.